The van der Waals surface area contributed by atoms with Gasteiger partial charge in [0.1, 0.15) is 0 Å². The maximum Gasteiger partial charge on any atom is 0.330 e. The van der Waals surface area contributed by atoms with Gasteiger partial charge in [0.15, 0.2) is 0 Å². The Hall–Kier alpha value is -1.85. The van der Waals surface area contributed by atoms with Crippen molar-refractivity contribution in [1.82, 2.24) is 9.13 Å². The molecule has 0 saturated carbocycles. The first-order valence-electron chi connectivity index (χ1n) is 5.57. The van der Waals surface area contributed by atoms with Crippen LogP contribution in [0.2, 0.25) is 0 Å². The topological polar surface area (TPSA) is 87.1 Å². The lowest BCUT2D eigenvalue weighted by atomic mass is 10.2. The fraction of sp³-hybridized carbons (Fsp3) is 0.545. The quantitative estimate of drug-likeness (QED) is 0.754. The van der Waals surface area contributed by atoms with Crippen LogP contribution < -0.4 is 17.0 Å². The summed E-state index contributed by atoms with van der Waals surface area (Å²) in [6.45, 7) is 4.10. The van der Waals surface area contributed by atoms with Crippen molar-refractivity contribution < 1.29 is 4.79 Å². The van der Waals surface area contributed by atoms with E-state index in [1.165, 1.54) is 16.8 Å². The van der Waals surface area contributed by atoms with Crippen molar-refractivity contribution in [2.24, 2.45) is 11.7 Å². The Morgan fingerprint density at radius 2 is 2.12 bits per heavy atom. The average Bonchev–Trinajstić information content (AvgIpc) is 2.28. The van der Waals surface area contributed by atoms with Crippen molar-refractivity contribution in [3.63, 3.8) is 0 Å². The number of rotatable bonds is 5. The Bertz CT molecular complexity index is 515. The third kappa shape index (κ3) is 3.05. The molecule has 6 nitrogen and oxygen atoms in total. The highest BCUT2D eigenvalue weighted by atomic mass is 16.2. The molecular formula is C11H17N3O3. The van der Waals surface area contributed by atoms with E-state index in [1.54, 1.807) is 6.92 Å². The van der Waals surface area contributed by atoms with Crippen LogP contribution in [-0.4, -0.2) is 15.0 Å². The summed E-state index contributed by atoms with van der Waals surface area (Å²) in [4.78, 5) is 34.4. The minimum absolute atomic E-state index is 0.0254. The summed E-state index contributed by atoms with van der Waals surface area (Å²) >= 11 is 0. The molecule has 1 aromatic rings. The molecule has 1 aromatic heterocycles. The number of aromatic nitrogens is 2. The molecule has 94 valence electrons. The standard InChI is InChI=1S/C11H17N3O3/c1-3-5-13-6-4-9(15)14(11(13)17)7-8(2)10(12)16/h4,6,8H,3,5,7H2,1-2H3,(H2,12,16). The van der Waals surface area contributed by atoms with E-state index < -0.39 is 23.1 Å². The number of hydrogen-bond donors (Lipinski definition) is 1. The molecule has 2 N–H and O–H groups in total. The van der Waals surface area contributed by atoms with E-state index in [-0.39, 0.29) is 6.54 Å². The second-order valence-corrected chi connectivity index (χ2v) is 4.04. The lowest BCUT2D eigenvalue weighted by molar-refractivity contribution is -0.121. The van der Waals surface area contributed by atoms with Gasteiger partial charge in [-0.15, -0.1) is 0 Å². The summed E-state index contributed by atoms with van der Waals surface area (Å²) in [7, 11) is 0. The summed E-state index contributed by atoms with van der Waals surface area (Å²) in [6, 6.07) is 1.32. The zero-order chi connectivity index (χ0) is 13.0. The van der Waals surface area contributed by atoms with Gasteiger partial charge >= 0.3 is 5.69 Å². The molecule has 0 radical (unpaired) electrons. The minimum atomic E-state index is -0.544. The summed E-state index contributed by atoms with van der Waals surface area (Å²) < 4.78 is 2.50. The van der Waals surface area contributed by atoms with Crippen LogP contribution in [0.5, 0.6) is 0 Å². The van der Waals surface area contributed by atoms with Gasteiger partial charge in [-0.25, -0.2) is 4.79 Å². The van der Waals surface area contributed by atoms with E-state index >= 15 is 0 Å². The molecule has 0 aliphatic carbocycles. The smallest absolute Gasteiger partial charge is 0.330 e. The Morgan fingerprint density at radius 3 is 2.65 bits per heavy atom. The maximum absolute atomic E-state index is 11.9. The molecular weight excluding hydrogens is 222 g/mol. The molecule has 6 heteroatoms. The average molecular weight is 239 g/mol. The van der Waals surface area contributed by atoms with E-state index in [9.17, 15) is 14.4 Å². The molecule has 17 heavy (non-hydrogen) atoms. The molecule has 1 heterocycles. The molecule has 0 aliphatic heterocycles. The van der Waals surface area contributed by atoms with Gasteiger partial charge in [-0.05, 0) is 6.42 Å². The van der Waals surface area contributed by atoms with Crippen LogP contribution in [0.15, 0.2) is 21.9 Å². The predicted octanol–water partition coefficient (Wildman–Crippen LogP) is -0.459. The van der Waals surface area contributed by atoms with Crippen LogP contribution in [0.25, 0.3) is 0 Å². The Kier molecular flexibility index (Phi) is 4.25. The van der Waals surface area contributed by atoms with Crippen LogP contribution in [-0.2, 0) is 17.9 Å². The number of carbonyl (C=O) groups is 1. The van der Waals surface area contributed by atoms with E-state index in [0.717, 1.165) is 11.0 Å². The molecule has 0 fully saturated rings. The van der Waals surface area contributed by atoms with Crippen LogP contribution in [0, 0.1) is 5.92 Å². The van der Waals surface area contributed by atoms with Gasteiger partial charge in [0.2, 0.25) is 5.91 Å². The highest BCUT2D eigenvalue weighted by Crippen LogP contribution is 1.95. The van der Waals surface area contributed by atoms with Crippen molar-refractivity contribution in [2.75, 3.05) is 0 Å². The lowest BCUT2D eigenvalue weighted by Crippen LogP contribution is -2.42. The minimum Gasteiger partial charge on any atom is -0.369 e. The highest BCUT2D eigenvalue weighted by molar-refractivity contribution is 5.76. The van der Waals surface area contributed by atoms with Gasteiger partial charge in [0.25, 0.3) is 5.56 Å². The number of hydrogen-bond acceptors (Lipinski definition) is 3. The molecule has 1 amide bonds. The molecule has 0 spiro atoms. The maximum atomic E-state index is 11.9. The van der Waals surface area contributed by atoms with Crippen LogP contribution in [0.4, 0.5) is 0 Å². The number of primary amides is 1. The van der Waals surface area contributed by atoms with Gasteiger partial charge < -0.3 is 10.3 Å². The Balaban J connectivity index is 3.14. The third-order valence-corrected chi connectivity index (χ3v) is 2.55. The van der Waals surface area contributed by atoms with Crippen molar-refractivity contribution >= 4 is 5.91 Å². The second kappa shape index (κ2) is 5.47. The number of nitrogens with two attached hydrogens (primary N) is 1. The first-order chi connectivity index (χ1) is 7.97. The van der Waals surface area contributed by atoms with Crippen LogP contribution >= 0.6 is 0 Å². The summed E-state index contributed by atoms with van der Waals surface area (Å²) in [5.41, 5.74) is 4.31. The lowest BCUT2D eigenvalue weighted by Gasteiger charge is -2.11. The van der Waals surface area contributed by atoms with E-state index in [0.29, 0.717) is 6.54 Å². The summed E-state index contributed by atoms with van der Waals surface area (Å²) in [5, 5.41) is 0. The molecule has 0 saturated heterocycles. The van der Waals surface area contributed by atoms with E-state index in [1.807, 2.05) is 6.92 Å². The van der Waals surface area contributed by atoms with Gasteiger partial charge in [-0.3, -0.25) is 14.2 Å². The largest absolute Gasteiger partial charge is 0.369 e. The molecule has 0 aliphatic rings. The fourth-order valence-corrected chi connectivity index (χ4v) is 1.50. The molecule has 0 aromatic carbocycles. The fourth-order valence-electron chi connectivity index (χ4n) is 1.50. The van der Waals surface area contributed by atoms with Gasteiger partial charge in [0.05, 0.1) is 5.92 Å². The Morgan fingerprint density at radius 1 is 1.47 bits per heavy atom. The van der Waals surface area contributed by atoms with Crippen LogP contribution in [0.1, 0.15) is 20.3 Å². The molecule has 0 bridgehead atoms. The number of amides is 1. The number of aryl methyl sites for hydroxylation is 1. The second-order valence-electron chi connectivity index (χ2n) is 4.04. The summed E-state index contributed by atoms with van der Waals surface area (Å²) in [5.74, 6) is -1.07. The van der Waals surface area contributed by atoms with Crippen molar-refractivity contribution in [1.29, 1.82) is 0 Å². The molecule has 1 atom stereocenters. The highest BCUT2D eigenvalue weighted by Gasteiger charge is 2.13. The third-order valence-electron chi connectivity index (χ3n) is 2.55. The zero-order valence-corrected chi connectivity index (χ0v) is 10.0. The van der Waals surface area contributed by atoms with E-state index in [4.69, 9.17) is 5.73 Å². The normalized spacial score (nSPS) is 12.4. The van der Waals surface area contributed by atoms with Crippen LogP contribution in [0.3, 0.4) is 0 Å². The first-order valence-corrected chi connectivity index (χ1v) is 5.57. The molecule has 1 unspecified atom stereocenters. The van der Waals surface area contributed by atoms with E-state index in [2.05, 4.69) is 0 Å². The Labute approximate surface area is 98.7 Å². The monoisotopic (exact) mass is 239 g/mol. The molecule has 1 rings (SSSR count). The number of nitrogens with zero attached hydrogens (tertiary/aromatic N) is 2. The summed E-state index contributed by atoms with van der Waals surface area (Å²) in [6.07, 6.45) is 2.27. The SMILES string of the molecule is CCCn1ccc(=O)n(CC(C)C(N)=O)c1=O. The number of carbonyl (C=O) groups excluding carboxylic acids is 1. The first kappa shape index (κ1) is 13.2. The van der Waals surface area contributed by atoms with Gasteiger partial charge in [0, 0.05) is 25.4 Å². The predicted molar refractivity (Wildman–Crippen MR) is 63.6 cm³/mol. The zero-order valence-electron chi connectivity index (χ0n) is 10.0. The van der Waals surface area contributed by atoms with Crippen molar-refractivity contribution in [3.8, 4) is 0 Å². The van der Waals surface area contributed by atoms with Crippen molar-refractivity contribution in [3.05, 3.63) is 33.1 Å². The van der Waals surface area contributed by atoms with Gasteiger partial charge in [-0.2, -0.15) is 0 Å². The van der Waals surface area contributed by atoms with Crippen molar-refractivity contribution in [2.45, 2.75) is 33.4 Å². The van der Waals surface area contributed by atoms with Gasteiger partial charge in [-0.1, -0.05) is 13.8 Å².